The van der Waals surface area contributed by atoms with E-state index in [4.69, 9.17) is 4.98 Å². The van der Waals surface area contributed by atoms with Crippen LogP contribution in [0, 0.1) is 5.92 Å². The van der Waals surface area contributed by atoms with Gasteiger partial charge >= 0.3 is 0 Å². The van der Waals surface area contributed by atoms with Gasteiger partial charge in [-0.2, -0.15) is 4.98 Å². The molecule has 2 saturated heterocycles. The molecule has 5 nitrogen and oxygen atoms in total. The fourth-order valence-corrected chi connectivity index (χ4v) is 4.12. The molecule has 2 aliphatic heterocycles. The number of hydrogen-bond donors (Lipinski definition) is 1. The Morgan fingerprint density at radius 1 is 1.18 bits per heavy atom. The van der Waals surface area contributed by atoms with E-state index < -0.39 is 0 Å². The highest BCUT2D eigenvalue weighted by Crippen LogP contribution is 2.20. The number of allylic oxidation sites excluding steroid dienone is 2. The molecule has 1 N–H and O–H groups in total. The van der Waals surface area contributed by atoms with Crippen molar-refractivity contribution in [3.8, 4) is 0 Å². The predicted octanol–water partition coefficient (Wildman–Crippen LogP) is 4.73. The van der Waals surface area contributed by atoms with Crippen molar-refractivity contribution in [2.45, 2.75) is 71.8 Å². The lowest BCUT2D eigenvalue weighted by molar-refractivity contribution is 0.151. The molecule has 0 radical (unpaired) electrons. The van der Waals surface area contributed by atoms with Crippen LogP contribution in [0.1, 0.15) is 65.7 Å². The van der Waals surface area contributed by atoms with Crippen molar-refractivity contribution in [3.63, 3.8) is 0 Å². The van der Waals surface area contributed by atoms with Crippen LogP contribution in [-0.4, -0.2) is 53.6 Å². The summed E-state index contributed by atoms with van der Waals surface area (Å²) in [6.07, 6.45) is 13.3. The molecule has 2 aliphatic rings. The molecule has 1 aromatic rings. The van der Waals surface area contributed by atoms with Crippen LogP contribution in [0.15, 0.2) is 23.9 Å². The van der Waals surface area contributed by atoms with E-state index in [-0.39, 0.29) is 0 Å². The molecule has 5 heteroatoms. The molecule has 0 saturated carbocycles. The average Bonchev–Trinajstić information content (AvgIpc) is 2.93. The number of rotatable bonds is 9. The molecular formula is C23H39N5. The van der Waals surface area contributed by atoms with E-state index in [0.29, 0.717) is 6.04 Å². The Bertz CT molecular complexity index is 611. The first-order valence-electron chi connectivity index (χ1n) is 11.3. The van der Waals surface area contributed by atoms with Crippen LogP contribution < -0.4 is 10.2 Å². The molecule has 1 unspecified atom stereocenters. The molecule has 0 aliphatic carbocycles. The third-order valence-electron chi connectivity index (χ3n) is 6.01. The summed E-state index contributed by atoms with van der Waals surface area (Å²) < 4.78 is 0. The number of likely N-dealkylation sites (tertiary alicyclic amines) is 1. The zero-order valence-electron chi connectivity index (χ0n) is 18.2. The van der Waals surface area contributed by atoms with Gasteiger partial charge in [0.1, 0.15) is 5.82 Å². The van der Waals surface area contributed by atoms with Gasteiger partial charge in [0.15, 0.2) is 0 Å². The van der Waals surface area contributed by atoms with Gasteiger partial charge in [-0.1, -0.05) is 31.4 Å². The van der Waals surface area contributed by atoms with Crippen molar-refractivity contribution in [2.24, 2.45) is 5.92 Å². The molecule has 1 aromatic heterocycles. The Balaban J connectivity index is 1.36. The number of aromatic nitrogens is 2. The minimum Gasteiger partial charge on any atom is -0.356 e. The fraction of sp³-hybridized carbons (Fsp3) is 0.739. The van der Waals surface area contributed by atoms with Crippen LogP contribution in [0.3, 0.4) is 0 Å². The number of nitrogens with zero attached hydrogens (tertiary/aromatic N) is 4. The summed E-state index contributed by atoms with van der Waals surface area (Å²) >= 11 is 0. The highest BCUT2D eigenvalue weighted by atomic mass is 15.3. The second-order valence-electron chi connectivity index (χ2n) is 8.99. The van der Waals surface area contributed by atoms with Crippen LogP contribution in [0.25, 0.3) is 0 Å². The average molecular weight is 386 g/mol. The quantitative estimate of drug-likeness (QED) is 0.623. The SMILES string of the molecule is CC(C)=CCCC(C)CCN1CC(Nc2nccc(N3CCCCCC3)n2)C1. The first-order chi connectivity index (χ1) is 13.6. The summed E-state index contributed by atoms with van der Waals surface area (Å²) in [4.78, 5) is 14.2. The maximum atomic E-state index is 4.79. The van der Waals surface area contributed by atoms with E-state index in [0.717, 1.165) is 43.9 Å². The molecule has 0 aromatic carbocycles. The van der Waals surface area contributed by atoms with E-state index in [1.807, 2.05) is 6.20 Å². The third-order valence-corrected chi connectivity index (χ3v) is 6.01. The van der Waals surface area contributed by atoms with Crippen LogP contribution in [0.2, 0.25) is 0 Å². The second kappa shape index (κ2) is 10.8. The first-order valence-corrected chi connectivity index (χ1v) is 11.3. The normalized spacial score (nSPS) is 19.6. The molecule has 0 bridgehead atoms. The lowest BCUT2D eigenvalue weighted by atomic mass is 9.99. The largest absolute Gasteiger partial charge is 0.356 e. The zero-order valence-corrected chi connectivity index (χ0v) is 18.2. The van der Waals surface area contributed by atoms with Crippen molar-refractivity contribution in [1.82, 2.24) is 14.9 Å². The highest BCUT2D eigenvalue weighted by Gasteiger charge is 2.27. The minimum absolute atomic E-state index is 0.486. The molecule has 0 amide bonds. The van der Waals surface area contributed by atoms with Crippen molar-refractivity contribution in [1.29, 1.82) is 0 Å². The van der Waals surface area contributed by atoms with Gasteiger partial charge in [-0.15, -0.1) is 0 Å². The molecule has 0 spiro atoms. The van der Waals surface area contributed by atoms with Crippen LogP contribution in [0.4, 0.5) is 11.8 Å². The molecule has 156 valence electrons. The van der Waals surface area contributed by atoms with Gasteiger partial charge < -0.3 is 10.2 Å². The molecule has 28 heavy (non-hydrogen) atoms. The van der Waals surface area contributed by atoms with E-state index in [9.17, 15) is 0 Å². The Morgan fingerprint density at radius 3 is 2.64 bits per heavy atom. The van der Waals surface area contributed by atoms with Crippen LogP contribution in [0.5, 0.6) is 0 Å². The monoisotopic (exact) mass is 385 g/mol. The summed E-state index contributed by atoms with van der Waals surface area (Å²) in [6.45, 7) is 12.4. The van der Waals surface area contributed by atoms with E-state index in [2.05, 4.69) is 53.0 Å². The predicted molar refractivity (Wildman–Crippen MR) is 119 cm³/mol. The van der Waals surface area contributed by atoms with Gasteiger partial charge in [0.25, 0.3) is 0 Å². The minimum atomic E-state index is 0.486. The van der Waals surface area contributed by atoms with Crippen molar-refractivity contribution >= 4 is 11.8 Å². The fourth-order valence-electron chi connectivity index (χ4n) is 4.12. The van der Waals surface area contributed by atoms with Crippen molar-refractivity contribution in [2.75, 3.05) is 42.9 Å². The second-order valence-corrected chi connectivity index (χ2v) is 8.99. The molecule has 3 heterocycles. The first kappa shape index (κ1) is 21.1. The lowest BCUT2D eigenvalue weighted by Gasteiger charge is -2.40. The Hall–Kier alpha value is -1.62. The zero-order chi connectivity index (χ0) is 19.8. The van der Waals surface area contributed by atoms with Crippen LogP contribution in [-0.2, 0) is 0 Å². The van der Waals surface area contributed by atoms with Crippen molar-refractivity contribution in [3.05, 3.63) is 23.9 Å². The standard InChI is InChI=1S/C23H39N5/c1-19(2)9-8-10-20(3)12-16-27-17-21(18-27)25-23-24-13-11-22(26-23)28-14-6-4-5-7-15-28/h9,11,13,20-21H,4-8,10,12,14-18H2,1-3H3,(H,24,25,26). The number of hydrogen-bond acceptors (Lipinski definition) is 5. The van der Waals surface area contributed by atoms with Gasteiger partial charge in [-0.3, -0.25) is 4.90 Å². The van der Waals surface area contributed by atoms with Crippen molar-refractivity contribution < 1.29 is 0 Å². The summed E-state index contributed by atoms with van der Waals surface area (Å²) in [5, 5.41) is 3.54. The molecule has 2 fully saturated rings. The topological polar surface area (TPSA) is 44.3 Å². The van der Waals surface area contributed by atoms with E-state index in [1.165, 1.54) is 57.1 Å². The van der Waals surface area contributed by atoms with Gasteiger partial charge in [0.05, 0.1) is 6.04 Å². The molecule has 3 rings (SSSR count). The Kier molecular flexibility index (Phi) is 8.13. The summed E-state index contributed by atoms with van der Waals surface area (Å²) in [7, 11) is 0. The highest BCUT2D eigenvalue weighted by molar-refractivity contribution is 5.43. The maximum Gasteiger partial charge on any atom is 0.224 e. The Labute approximate surface area is 171 Å². The summed E-state index contributed by atoms with van der Waals surface area (Å²) in [5.41, 5.74) is 1.44. The number of anilines is 2. The maximum absolute atomic E-state index is 4.79. The van der Waals surface area contributed by atoms with Gasteiger partial charge in [0.2, 0.25) is 5.95 Å². The summed E-state index contributed by atoms with van der Waals surface area (Å²) in [5.74, 6) is 2.68. The van der Waals surface area contributed by atoms with Gasteiger partial charge in [0, 0.05) is 32.4 Å². The third kappa shape index (κ3) is 6.77. The van der Waals surface area contributed by atoms with Gasteiger partial charge in [-0.25, -0.2) is 4.98 Å². The smallest absolute Gasteiger partial charge is 0.224 e. The van der Waals surface area contributed by atoms with Gasteiger partial charge in [-0.05, 0) is 64.5 Å². The Morgan fingerprint density at radius 2 is 1.93 bits per heavy atom. The molecule has 1 atom stereocenters. The molecular weight excluding hydrogens is 346 g/mol. The lowest BCUT2D eigenvalue weighted by Crippen LogP contribution is -2.55. The summed E-state index contributed by atoms with van der Waals surface area (Å²) in [6, 6.07) is 2.54. The van der Waals surface area contributed by atoms with E-state index >= 15 is 0 Å². The number of nitrogens with one attached hydrogen (secondary N) is 1. The van der Waals surface area contributed by atoms with E-state index in [1.54, 1.807) is 0 Å². The van der Waals surface area contributed by atoms with Crippen LogP contribution >= 0.6 is 0 Å².